The number of amides is 1. The van der Waals surface area contributed by atoms with Crippen LogP contribution >= 0.6 is 11.6 Å². The third kappa shape index (κ3) is 3.12. The molecule has 0 unspecified atom stereocenters. The molecule has 0 atom stereocenters. The number of carbonyl (C=O) groups is 1. The lowest BCUT2D eigenvalue weighted by Gasteiger charge is -2.39. The highest BCUT2D eigenvalue weighted by molar-refractivity contribution is 6.32. The van der Waals surface area contributed by atoms with E-state index in [0.717, 1.165) is 11.3 Å². The zero-order valence-corrected chi connectivity index (χ0v) is 15.5. The van der Waals surface area contributed by atoms with Crippen molar-refractivity contribution in [3.8, 4) is 11.3 Å². The Morgan fingerprint density at radius 2 is 2.08 bits per heavy atom. The van der Waals surface area contributed by atoms with Crippen molar-refractivity contribution in [2.75, 3.05) is 13.1 Å². The molecular formula is C17H19ClN6O2. The number of imidazole rings is 1. The van der Waals surface area contributed by atoms with Crippen LogP contribution in [0.4, 0.5) is 4.79 Å². The van der Waals surface area contributed by atoms with Crippen LogP contribution in [0.2, 0.25) is 5.15 Å². The lowest BCUT2D eigenvalue weighted by Crippen LogP contribution is -2.52. The zero-order valence-electron chi connectivity index (χ0n) is 14.8. The quantitative estimate of drug-likeness (QED) is 0.689. The lowest BCUT2D eigenvalue weighted by atomic mass is 10.1. The van der Waals surface area contributed by atoms with Gasteiger partial charge < -0.3 is 14.0 Å². The Morgan fingerprint density at radius 3 is 2.81 bits per heavy atom. The van der Waals surface area contributed by atoms with Gasteiger partial charge in [-0.3, -0.25) is 4.68 Å². The number of nitrogens with zero attached hydrogens (tertiary/aromatic N) is 6. The summed E-state index contributed by atoms with van der Waals surface area (Å²) in [7, 11) is 0. The molecule has 1 aliphatic heterocycles. The SMILES string of the molecule is CC(C)(C)OC(=O)N1CC(n2cc(-c3cn4ccnc4c(Cl)n3)cn2)C1. The maximum atomic E-state index is 12.0. The van der Waals surface area contributed by atoms with E-state index in [1.165, 1.54) is 0 Å². The number of aromatic nitrogens is 5. The summed E-state index contributed by atoms with van der Waals surface area (Å²) >= 11 is 6.19. The smallest absolute Gasteiger partial charge is 0.410 e. The summed E-state index contributed by atoms with van der Waals surface area (Å²) in [5.41, 5.74) is 1.71. The van der Waals surface area contributed by atoms with Crippen molar-refractivity contribution in [1.82, 2.24) is 29.0 Å². The summed E-state index contributed by atoms with van der Waals surface area (Å²) in [6.45, 7) is 6.72. The van der Waals surface area contributed by atoms with Crippen LogP contribution in [0.15, 0.2) is 31.0 Å². The summed E-state index contributed by atoms with van der Waals surface area (Å²) in [6, 6.07) is 0.128. The molecule has 136 valence electrons. The van der Waals surface area contributed by atoms with E-state index in [9.17, 15) is 4.79 Å². The number of halogens is 1. The summed E-state index contributed by atoms with van der Waals surface area (Å²) in [5.74, 6) is 0. The molecule has 0 spiro atoms. The first-order valence-electron chi connectivity index (χ1n) is 8.32. The third-order valence-electron chi connectivity index (χ3n) is 4.12. The third-order valence-corrected chi connectivity index (χ3v) is 4.37. The van der Waals surface area contributed by atoms with Gasteiger partial charge in [-0.1, -0.05) is 11.6 Å². The summed E-state index contributed by atoms with van der Waals surface area (Å²) < 4.78 is 9.05. The molecule has 1 amide bonds. The van der Waals surface area contributed by atoms with Crippen LogP contribution in [0, 0.1) is 0 Å². The minimum absolute atomic E-state index is 0.128. The van der Waals surface area contributed by atoms with Gasteiger partial charge in [-0.05, 0) is 20.8 Å². The Labute approximate surface area is 155 Å². The second-order valence-electron chi connectivity index (χ2n) is 7.32. The van der Waals surface area contributed by atoms with E-state index in [0.29, 0.717) is 23.9 Å². The van der Waals surface area contributed by atoms with Crippen LogP contribution in [-0.4, -0.2) is 53.8 Å². The van der Waals surface area contributed by atoms with Crippen LogP contribution in [0.3, 0.4) is 0 Å². The van der Waals surface area contributed by atoms with Gasteiger partial charge in [-0.25, -0.2) is 14.8 Å². The van der Waals surface area contributed by atoms with Crippen molar-refractivity contribution in [1.29, 1.82) is 0 Å². The van der Waals surface area contributed by atoms with Crippen LogP contribution in [0.5, 0.6) is 0 Å². The monoisotopic (exact) mass is 374 g/mol. The van der Waals surface area contributed by atoms with E-state index >= 15 is 0 Å². The first kappa shape index (κ1) is 16.8. The minimum Gasteiger partial charge on any atom is -0.444 e. The highest BCUT2D eigenvalue weighted by Gasteiger charge is 2.35. The first-order chi connectivity index (χ1) is 12.3. The summed E-state index contributed by atoms with van der Waals surface area (Å²) in [4.78, 5) is 22.2. The van der Waals surface area contributed by atoms with Gasteiger partial charge >= 0.3 is 6.09 Å². The molecule has 4 rings (SSSR count). The Kier molecular flexibility index (Phi) is 3.87. The van der Waals surface area contributed by atoms with Crippen LogP contribution in [0.25, 0.3) is 16.9 Å². The fourth-order valence-corrected chi connectivity index (χ4v) is 3.04. The van der Waals surface area contributed by atoms with Crippen molar-refractivity contribution in [3.63, 3.8) is 0 Å². The zero-order chi connectivity index (χ0) is 18.5. The number of hydrogen-bond acceptors (Lipinski definition) is 5. The molecule has 1 aliphatic rings. The van der Waals surface area contributed by atoms with Gasteiger partial charge in [-0.2, -0.15) is 5.10 Å². The van der Waals surface area contributed by atoms with Gasteiger partial charge in [0.1, 0.15) is 5.60 Å². The summed E-state index contributed by atoms with van der Waals surface area (Å²) in [6.07, 6.45) is 8.73. The van der Waals surface area contributed by atoms with Crippen LogP contribution < -0.4 is 0 Å². The Bertz CT molecular complexity index is 967. The van der Waals surface area contributed by atoms with E-state index in [1.807, 2.05) is 48.4 Å². The molecular weight excluding hydrogens is 356 g/mol. The Morgan fingerprint density at radius 1 is 1.31 bits per heavy atom. The fraction of sp³-hybridized carbons (Fsp3) is 0.412. The Balaban J connectivity index is 1.46. The minimum atomic E-state index is -0.488. The average Bonchev–Trinajstić information content (AvgIpc) is 3.12. The van der Waals surface area contributed by atoms with Gasteiger partial charge in [0, 0.05) is 43.4 Å². The normalized spacial score (nSPS) is 15.3. The van der Waals surface area contributed by atoms with Crippen LogP contribution in [0.1, 0.15) is 26.8 Å². The van der Waals surface area contributed by atoms with Gasteiger partial charge in [0.15, 0.2) is 10.8 Å². The second-order valence-corrected chi connectivity index (χ2v) is 7.68. The van der Waals surface area contributed by atoms with E-state index in [2.05, 4.69) is 15.1 Å². The molecule has 0 aliphatic carbocycles. The molecule has 8 nitrogen and oxygen atoms in total. The molecule has 0 N–H and O–H groups in total. The van der Waals surface area contributed by atoms with Crippen molar-refractivity contribution in [2.24, 2.45) is 0 Å². The Hall–Kier alpha value is -2.61. The van der Waals surface area contributed by atoms with Gasteiger partial charge in [0.25, 0.3) is 0 Å². The number of likely N-dealkylation sites (tertiary alicyclic amines) is 1. The van der Waals surface area contributed by atoms with Crippen molar-refractivity contribution in [3.05, 3.63) is 36.1 Å². The lowest BCUT2D eigenvalue weighted by molar-refractivity contribution is -0.000381. The van der Waals surface area contributed by atoms with Crippen LogP contribution in [-0.2, 0) is 4.74 Å². The van der Waals surface area contributed by atoms with Gasteiger partial charge in [0.2, 0.25) is 0 Å². The van der Waals surface area contributed by atoms with E-state index in [-0.39, 0.29) is 12.1 Å². The highest BCUT2D eigenvalue weighted by atomic mass is 35.5. The predicted molar refractivity (Wildman–Crippen MR) is 96.1 cm³/mol. The largest absolute Gasteiger partial charge is 0.444 e. The van der Waals surface area contributed by atoms with Gasteiger partial charge in [0.05, 0.1) is 17.9 Å². The van der Waals surface area contributed by atoms with Gasteiger partial charge in [-0.15, -0.1) is 0 Å². The standard InChI is InChI=1S/C17H19ClN6O2/c1-17(2,3)26-16(25)23-8-12(9-23)24-7-11(6-20-24)13-10-22-5-4-19-15(22)14(18)21-13/h4-7,10,12H,8-9H2,1-3H3. The summed E-state index contributed by atoms with van der Waals surface area (Å²) in [5, 5.41) is 4.76. The predicted octanol–water partition coefficient (Wildman–Crippen LogP) is 3.04. The maximum absolute atomic E-state index is 12.0. The first-order valence-corrected chi connectivity index (χ1v) is 8.69. The second kappa shape index (κ2) is 5.98. The number of rotatable bonds is 2. The topological polar surface area (TPSA) is 77.5 Å². The number of hydrogen-bond donors (Lipinski definition) is 0. The molecule has 0 radical (unpaired) electrons. The maximum Gasteiger partial charge on any atom is 0.410 e. The number of fused-ring (bicyclic) bond motifs is 1. The molecule has 9 heteroatoms. The molecule has 0 bridgehead atoms. The molecule has 1 fully saturated rings. The number of carbonyl (C=O) groups excluding carboxylic acids is 1. The van der Waals surface area contributed by atoms with E-state index in [1.54, 1.807) is 17.3 Å². The molecule has 1 saturated heterocycles. The van der Waals surface area contributed by atoms with Crippen molar-refractivity contribution < 1.29 is 9.53 Å². The molecule has 26 heavy (non-hydrogen) atoms. The van der Waals surface area contributed by atoms with E-state index < -0.39 is 5.60 Å². The average molecular weight is 375 g/mol. The molecule has 0 saturated carbocycles. The number of ether oxygens (including phenoxy) is 1. The fourth-order valence-electron chi connectivity index (χ4n) is 2.80. The highest BCUT2D eigenvalue weighted by Crippen LogP contribution is 2.26. The van der Waals surface area contributed by atoms with Crippen molar-refractivity contribution >= 4 is 23.3 Å². The molecule has 3 aromatic rings. The molecule has 0 aromatic carbocycles. The molecule has 3 aromatic heterocycles. The molecule has 4 heterocycles. The van der Waals surface area contributed by atoms with E-state index in [4.69, 9.17) is 16.3 Å². The van der Waals surface area contributed by atoms with Crippen molar-refractivity contribution in [2.45, 2.75) is 32.4 Å².